The molecule has 0 saturated carbocycles. The third-order valence-corrected chi connectivity index (χ3v) is 3.05. The van der Waals surface area contributed by atoms with E-state index in [9.17, 15) is 9.90 Å². The monoisotopic (exact) mass is 225 g/mol. The maximum Gasteiger partial charge on any atom is 0.157 e. The van der Waals surface area contributed by atoms with Gasteiger partial charge in [0.25, 0.3) is 0 Å². The molecule has 1 aliphatic carbocycles. The number of morpholine rings is 1. The first-order chi connectivity index (χ1) is 7.50. The first-order valence-electron chi connectivity index (χ1n) is 5.77. The summed E-state index contributed by atoms with van der Waals surface area (Å²) in [4.78, 5) is 13.4. The Labute approximate surface area is 95.9 Å². The van der Waals surface area contributed by atoms with Crippen molar-refractivity contribution in [1.29, 1.82) is 0 Å². The van der Waals surface area contributed by atoms with Gasteiger partial charge >= 0.3 is 0 Å². The molecule has 0 amide bonds. The van der Waals surface area contributed by atoms with Crippen LogP contribution in [-0.2, 0) is 9.53 Å². The lowest BCUT2D eigenvalue weighted by Crippen LogP contribution is -2.53. The van der Waals surface area contributed by atoms with Crippen LogP contribution in [0.15, 0.2) is 11.8 Å². The van der Waals surface area contributed by atoms with Crippen LogP contribution in [0.3, 0.4) is 0 Å². The number of carbonyl (C=O) groups is 1. The maximum absolute atomic E-state index is 11.2. The molecule has 0 aromatic heterocycles. The zero-order chi connectivity index (χ0) is 11.8. The highest BCUT2D eigenvalue weighted by Crippen LogP contribution is 2.27. The number of aliphatic hydroxyl groups excluding tert-OH is 1. The van der Waals surface area contributed by atoms with Gasteiger partial charge in [-0.2, -0.15) is 0 Å². The van der Waals surface area contributed by atoms with Crippen molar-refractivity contribution in [3.63, 3.8) is 0 Å². The Morgan fingerprint density at radius 1 is 1.56 bits per heavy atom. The van der Waals surface area contributed by atoms with Gasteiger partial charge in [-0.05, 0) is 20.3 Å². The Balaban J connectivity index is 2.10. The third-order valence-electron chi connectivity index (χ3n) is 3.05. The highest BCUT2D eigenvalue weighted by atomic mass is 16.5. The summed E-state index contributed by atoms with van der Waals surface area (Å²) in [5, 5.41) is 9.20. The fourth-order valence-electron chi connectivity index (χ4n) is 2.44. The van der Waals surface area contributed by atoms with Gasteiger partial charge < -0.3 is 14.7 Å². The molecule has 1 N–H and O–H groups in total. The fourth-order valence-corrected chi connectivity index (χ4v) is 2.44. The summed E-state index contributed by atoms with van der Waals surface area (Å²) >= 11 is 0. The van der Waals surface area contributed by atoms with Crippen LogP contribution in [0, 0.1) is 0 Å². The summed E-state index contributed by atoms with van der Waals surface area (Å²) < 4.78 is 5.74. The summed E-state index contributed by atoms with van der Waals surface area (Å²) in [6.45, 7) is 5.51. The number of ether oxygens (including phenoxy) is 1. The van der Waals surface area contributed by atoms with E-state index >= 15 is 0 Å². The number of nitrogens with zero attached hydrogens (tertiary/aromatic N) is 1. The Bertz CT molecular complexity index is 322. The van der Waals surface area contributed by atoms with Crippen LogP contribution in [0.5, 0.6) is 0 Å². The van der Waals surface area contributed by atoms with Crippen LogP contribution in [0.2, 0.25) is 0 Å². The molecule has 0 bridgehead atoms. The SMILES string of the molecule is CC1(C)CN(C2=CC(=O)CC2)CC(CO)O1. The molecule has 1 atom stereocenters. The van der Waals surface area contributed by atoms with Crippen LogP contribution in [0.1, 0.15) is 26.7 Å². The highest BCUT2D eigenvalue weighted by molar-refractivity contribution is 5.92. The van der Waals surface area contributed by atoms with Gasteiger partial charge in [0.05, 0.1) is 18.3 Å². The van der Waals surface area contributed by atoms with E-state index in [1.54, 1.807) is 6.08 Å². The Kier molecular flexibility index (Phi) is 3.04. The van der Waals surface area contributed by atoms with E-state index in [0.717, 1.165) is 18.7 Å². The molecule has 1 unspecified atom stereocenters. The molecule has 16 heavy (non-hydrogen) atoms. The molecule has 1 aliphatic heterocycles. The van der Waals surface area contributed by atoms with Crippen LogP contribution < -0.4 is 0 Å². The van der Waals surface area contributed by atoms with E-state index in [2.05, 4.69) is 4.90 Å². The molecule has 2 rings (SSSR count). The van der Waals surface area contributed by atoms with Crippen LogP contribution in [0.4, 0.5) is 0 Å². The van der Waals surface area contributed by atoms with Crippen molar-refractivity contribution >= 4 is 5.78 Å². The van der Waals surface area contributed by atoms with E-state index in [0.29, 0.717) is 13.0 Å². The Morgan fingerprint density at radius 2 is 2.31 bits per heavy atom. The summed E-state index contributed by atoms with van der Waals surface area (Å²) in [5.74, 6) is 0.208. The summed E-state index contributed by atoms with van der Waals surface area (Å²) in [5.41, 5.74) is 0.831. The molecule has 0 aromatic rings. The van der Waals surface area contributed by atoms with Crippen LogP contribution >= 0.6 is 0 Å². The van der Waals surface area contributed by atoms with E-state index < -0.39 is 0 Å². The number of ketones is 1. The molecular formula is C12H19NO3. The molecule has 4 nitrogen and oxygen atoms in total. The van der Waals surface area contributed by atoms with Gasteiger partial charge in [-0.3, -0.25) is 4.79 Å². The molecule has 1 saturated heterocycles. The van der Waals surface area contributed by atoms with Crippen LogP contribution in [-0.4, -0.2) is 47.2 Å². The molecule has 0 aromatic carbocycles. The van der Waals surface area contributed by atoms with Gasteiger partial charge in [0, 0.05) is 31.3 Å². The standard InChI is InChI=1S/C12H19NO3/c1-12(2)8-13(6-11(7-14)16-12)9-3-4-10(15)5-9/h5,11,14H,3-4,6-8H2,1-2H3. The van der Waals surface area contributed by atoms with E-state index in [-0.39, 0.29) is 24.1 Å². The number of aliphatic hydroxyl groups is 1. The molecule has 1 heterocycles. The molecule has 2 aliphatic rings. The predicted molar refractivity (Wildman–Crippen MR) is 59.9 cm³/mol. The zero-order valence-corrected chi connectivity index (χ0v) is 9.90. The van der Waals surface area contributed by atoms with E-state index in [1.807, 2.05) is 13.8 Å². The number of hydrogen-bond acceptors (Lipinski definition) is 4. The normalized spacial score (nSPS) is 29.4. The van der Waals surface area contributed by atoms with E-state index in [4.69, 9.17) is 4.74 Å². The van der Waals surface area contributed by atoms with Crippen molar-refractivity contribution in [1.82, 2.24) is 4.90 Å². The molecule has 4 heteroatoms. The minimum Gasteiger partial charge on any atom is -0.394 e. The Hall–Kier alpha value is -0.870. The van der Waals surface area contributed by atoms with Gasteiger partial charge in [0.15, 0.2) is 5.78 Å². The topological polar surface area (TPSA) is 49.8 Å². The molecular weight excluding hydrogens is 206 g/mol. The van der Waals surface area contributed by atoms with Gasteiger partial charge in [0.2, 0.25) is 0 Å². The van der Waals surface area contributed by atoms with Crippen molar-refractivity contribution in [2.45, 2.75) is 38.4 Å². The number of hydrogen-bond donors (Lipinski definition) is 1. The summed E-state index contributed by atoms with van der Waals surface area (Å²) in [6.07, 6.45) is 3.03. The number of carbonyl (C=O) groups excluding carboxylic acids is 1. The Morgan fingerprint density at radius 3 is 2.88 bits per heavy atom. The van der Waals surface area contributed by atoms with Crippen molar-refractivity contribution in [2.75, 3.05) is 19.7 Å². The van der Waals surface area contributed by atoms with Gasteiger partial charge in [-0.25, -0.2) is 0 Å². The zero-order valence-electron chi connectivity index (χ0n) is 9.90. The lowest BCUT2D eigenvalue weighted by Gasteiger charge is -2.43. The average molecular weight is 225 g/mol. The van der Waals surface area contributed by atoms with Gasteiger partial charge in [0.1, 0.15) is 0 Å². The molecule has 90 valence electrons. The maximum atomic E-state index is 11.2. The van der Waals surface area contributed by atoms with Crippen molar-refractivity contribution in [2.24, 2.45) is 0 Å². The molecule has 1 fully saturated rings. The van der Waals surface area contributed by atoms with Crippen molar-refractivity contribution in [3.05, 3.63) is 11.8 Å². The third kappa shape index (κ3) is 2.44. The largest absolute Gasteiger partial charge is 0.394 e. The first-order valence-corrected chi connectivity index (χ1v) is 5.77. The van der Waals surface area contributed by atoms with Crippen molar-refractivity contribution in [3.8, 4) is 0 Å². The predicted octanol–water partition coefficient (Wildman–Crippen LogP) is 0.705. The van der Waals surface area contributed by atoms with E-state index in [1.165, 1.54) is 0 Å². The number of rotatable bonds is 2. The smallest absolute Gasteiger partial charge is 0.157 e. The average Bonchev–Trinajstić information content (AvgIpc) is 2.62. The van der Waals surface area contributed by atoms with Crippen LogP contribution in [0.25, 0.3) is 0 Å². The van der Waals surface area contributed by atoms with Gasteiger partial charge in [-0.1, -0.05) is 0 Å². The summed E-state index contributed by atoms with van der Waals surface area (Å²) in [6, 6.07) is 0. The molecule has 0 spiro atoms. The minimum atomic E-state index is -0.266. The fraction of sp³-hybridized carbons (Fsp3) is 0.750. The lowest BCUT2D eigenvalue weighted by molar-refractivity contribution is -0.142. The second kappa shape index (κ2) is 4.18. The second-order valence-corrected chi connectivity index (χ2v) is 5.16. The highest BCUT2D eigenvalue weighted by Gasteiger charge is 2.34. The van der Waals surface area contributed by atoms with Crippen molar-refractivity contribution < 1.29 is 14.6 Å². The lowest BCUT2D eigenvalue weighted by atomic mass is 10.0. The summed E-state index contributed by atoms with van der Waals surface area (Å²) in [7, 11) is 0. The second-order valence-electron chi connectivity index (χ2n) is 5.16. The molecule has 0 radical (unpaired) electrons. The quantitative estimate of drug-likeness (QED) is 0.751. The minimum absolute atomic E-state index is 0.0289. The number of allylic oxidation sites excluding steroid dienone is 2. The van der Waals surface area contributed by atoms with Gasteiger partial charge in [-0.15, -0.1) is 0 Å². The first kappa shape index (κ1) is 11.6.